The van der Waals surface area contributed by atoms with Crippen molar-refractivity contribution in [3.8, 4) is 22.3 Å². The number of fused-ring (bicyclic) bond motifs is 11. The van der Waals surface area contributed by atoms with Crippen molar-refractivity contribution >= 4 is 92.9 Å². The highest BCUT2D eigenvalue weighted by molar-refractivity contribution is 6.31. The zero-order valence-corrected chi connectivity index (χ0v) is 31.6. The summed E-state index contributed by atoms with van der Waals surface area (Å²) in [6, 6.07) is 76.9. The molecule has 270 valence electrons. The lowest BCUT2D eigenvalue weighted by atomic mass is 9.87. The van der Waals surface area contributed by atoms with Crippen LogP contribution in [-0.2, 0) is 0 Å². The monoisotopic (exact) mass is 737 g/mol. The van der Waals surface area contributed by atoms with Crippen LogP contribution in [0.3, 0.4) is 0 Å². The summed E-state index contributed by atoms with van der Waals surface area (Å²) in [6.07, 6.45) is 0. The smallest absolute Gasteiger partial charge is 0.137 e. The van der Waals surface area contributed by atoms with Gasteiger partial charge in [0.1, 0.15) is 11.2 Å². The van der Waals surface area contributed by atoms with E-state index in [1.807, 2.05) is 0 Å². The number of nitrogens with zero attached hydrogens (tertiary/aromatic N) is 1. The van der Waals surface area contributed by atoms with Crippen molar-refractivity contribution in [3.05, 3.63) is 212 Å². The van der Waals surface area contributed by atoms with E-state index < -0.39 is 0 Å². The quantitative estimate of drug-likeness (QED) is 0.164. The molecule has 0 fully saturated rings. The van der Waals surface area contributed by atoms with Gasteiger partial charge in [0.25, 0.3) is 0 Å². The van der Waals surface area contributed by atoms with E-state index in [1.165, 1.54) is 76.1 Å². The standard InChI is InChI=1S/C56H35NO/c1-2-18-41(19-3-1)57(42-20-10-17-39(33-42)45-24-11-16-36-13-4-7-21-44(36)45)43-30-32-50-53(35-43)58-52-26-12-25-48(55(50)52)51-34-40-15-6-9-23-47(40)56-49(51)31-29-38-28-27-37-14-5-8-22-46(37)54(38)56/h1-35H. The zero-order chi connectivity index (χ0) is 38.2. The van der Waals surface area contributed by atoms with Gasteiger partial charge in [0.05, 0.1) is 0 Å². The molecule has 12 rings (SSSR count). The molecule has 0 aliphatic heterocycles. The Kier molecular flexibility index (Phi) is 7.26. The summed E-state index contributed by atoms with van der Waals surface area (Å²) in [5.41, 5.74) is 9.69. The van der Waals surface area contributed by atoms with Gasteiger partial charge in [0.15, 0.2) is 0 Å². The Morgan fingerprint density at radius 1 is 0.276 bits per heavy atom. The van der Waals surface area contributed by atoms with Gasteiger partial charge in [-0.3, -0.25) is 0 Å². The van der Waals surface area contributed by atoms with Gasteiger partial charge in [-0.15, -0.1) is 0 Å². The highest BCUT2D eigenvalue weighted by Gasteiger charge is 2.20. The van der Waals surface area contributed by atoms with E-state index in [4.69, 9.17) is 4.42 Å². The van der Waals surface area contributed by atoms with Gasteiger partial charge in [-0.05, 0) is 125 Å². The molecule has 0 bridgehead atoms. The van der Waals surface area contributed by atoms with E-state index in [9.17, 15) is 0 Å². The molecule has 0 atom stereocenters. The third kappa shape index (κ3) is 5.05. The first-order chi connectivity index (χ1) is 28.8. The number of furan rings is 1. The third-order valence-corrected chi connectivity index (χ3v) is 12.0. The minimum absolute atomic E-state index is 0.854. The predicted molar refractivity (Wildman–Crippen MR) is 247 cm³/mol. The molecule has 12 aromatic rings. The van der Waals surface area contributed by atoms with Gasteiger partial charge in [-0.1, -0.05) is 158 Å². The number of benzene rings is 11. The average molecular weight is 738 g/mol. The minimum Gasteiger partial charge on any atom is -0.456 e. The third-order valence-electron chi connectivity index (χ3n) is 12.0. The Balaban J connectivity index is 1.06. The molecule has 0 unspecified atom stereocenters. The van der Waals surface area contributed by atoms with Crippen LogP contribution in [0.5, 0.6) is 0 Å². The van der Waals surface area contributed by atoms with Crippen LogP contribution in [0.4, 0.5) is 17.1 Å². The summed E-state index contributed by atoms with van der Waals surface area (Å²) in [7, 11) is 0. The highest BCUT2D eigenvalue weighted by Crippen LogP contribution is 2.46. The first-order valence-electron chi connectivity index (χ1n) is 19.9. The summed E-state index contributed by atoms with van der Waals surface area (Å²) >= 11 is 0. The molecule has 0 aliphatic rings. The Bertz CT molecular complexity index is 3570. The largest absolute Gasteiger partial charge is 0.456 e. The maximum Gasteiger partial charge on any atom is 0.137 e. The fraction of sp³-hybridized carbons (Fsp3) is 0. The van der Waals surface area contributed by atoms with Gasteiger partial charge < -0.3 is 9.32 Å². The van der Waals surface area contributed by atoms with Crippen LogP contribution in [0.15, 0.2) is 217 Å². The fourth-order valence-electron chi connectivity index (χ4n) is 9.40. The normalized spacial score (nSPS) is 11.8. The summed E-state index contributed by atoms with van der Waals surface area (Å²) in [6.45, 7) is 0. The highest BCUT2D eigenvalue weighted by atomic mass is 16.3. The van der Waals surface area contributed by atoms with Crippen molar-refractivity contribution in [2.45, 2.75) is 0 Å². The summed E-state index contributed by atoms with van der Waals surface area (Å²) in [5.74, 6) is 0. The fourth-order valence-corrected chi connectivity index (χ4v) is 9.40. The lowest BCUT2D eigenvalue weighted by Gasteiger charge is -2.26. The maximum atomic E-state index is 6.82. The second-order valence-electron chi connectivity index (χ2n) is 15.2. The van der Waals surface area contributed by atoms with Crippen molar-refractivity contribution in [3.63, 3.8) is 0 Å². The molecule has 1 aromatic heterocycles. The number of hydrogen-bond donors (Lipinski definition) is 0. The average Bonchev–Trinajstić information content (AvgIpc) is 3.67. The van der Waals surface area contributed by atoms with Gasteiger partial charge in [-0.25, -0.2) is 0 Å². The molecule has 2 heteroatoms. The molecule has 0 radical (unpaired) electrons. The molecule has 1 heterocycles. The Morgan fingerprint density at radius 2 is 0.879 bits per heavy atom. The van der Waals surface area contributed by atoms with Gasteiger partial charge in [0, 0.05) is 33.9 Å². The van der Waals surface area contributed by atoms with E-state index in [1.54, 1.807) is 0 Å². The molecule has 0 saturated heterocycles. The molecular weight excluding hydrogens is 703 g/mol. The van der Waals surface area contributed by atoms with Crippen LogP contribution in [0.2, 0.25) is 0 Å². The van der Waals surface area contributed by atoms with Crippen LogP contribution in [0, 0.1) is 0 Å². The van der Waals surface area contributed by atoms with E-state index in [2.05, 4.69) is 217 Å². The molecule has 58 heavy (non-hydrogen) atoms. The Labute approximate surface area is 335 Å². The molecule has 0 N–H and O–H groups in total. The molecule has 0 aliphatic carbocycles. The number of hydrogen-bond acceptors (Lipinski definition) is 2. The second kappa shape index (κ2) is 12.9. The van der Waals surface area contributed by atoms with Crippen molar-refractivity contribution in [1.29, 1.82) is 0 Å². The topological polar surface area (TPSA) is 16.4 Å². The zero-order valence-electron chi connectivity index (χ0n) is 31.6. The number of anilines is 3. The van der Waals surface area contributed by atoms with Gasteiger partial charge in [-0.2, -0.15) is 0 Å². The van der Waals surface area contributed by atoms with Crippen molar-refractivity contribution in [1.82, 2.24) is 0 Å². The molecule has 0 amide bonds. The Morgan fingerprint density at radius 3 is 1.74 bits per heavy atom. The van der Waals surface area contributed by atoms with E-state index in [0.717, 1.165) is 39.0 Å². The van der Waals surface area contributed by atoms with E-state index in [0.29, 0.717) is 0 Å². The lowest BCUT2D eigenvalue weighted by Crippen LogP contribution is -2.09. The molecular formula is C56H35NO. The van der Waals surface area contributed by atoms with Crippen LogP contribution in [-0.4, -0.2) is 0 Å². The maximum absolute atomic E-state index is 6.82. The minimum atomic E-state index is 0.854. The van der Waals surface area contributed by atoms with E-state index in [-0.39, 0.29) is 0 Å². The van der Waals surface area contributed by atoms with Crippen molar-refractivity contribution in [2.75, 3.05) is 4.90 Å². The van der Waals surface area contributed by atoms with Crippen molar-refractivity contribution in [2.24, 2.45) is 0 Å². The summed E-state index contributed by atoms with van der Waals surface area (Å²) in [5, 5.41) is 14.8. The Hall–Kier alpha value is -7.68. The molecule has 0 saturated carbocycles. The van der Waals surface area contributed by atoms with Crippen LogP contribution >= 0.6 is 0 Å². The number of para-hydroxylation sites is 1. The van der Waals surface area contributed by atoms with Gasteiger partial charge in [0.2, 0.25) is 0 Å². The van der Waals surface area contributed by atoms with Gasteiger partial charge >= 0.3 is 0 Å². The molecule has 2 nitrogen and oxygen atoms in total. The second-order valence-corrected chi connectivity index (χ2v) is 15.2. The van der Waals surface area contributed by atoms with E-state index >= 15 is 0 Å². The van der Waals surface area contributed by atoms with Crippen molar-refractivity contribution < 1.29 is 4.42 Å². The molecule has 0 spiro atoms. The predicted octanol–water partition coefficient (Wildman–Crippen LogP) is 16.2. The van der Waals surface area contributed by atoms with Crippen LogP contribution < -0.4 is 4.90 Å². The lowest BCUT2D eigenvalue weighted by molar-refractivity contribution is 0.669. The molecule has 11 aromatic carbocycles. The summed E-state index contributed by atoms with van der Waals surface area (Å²) in [4.78, 5) is 2.33. The summed E-state index contributed by atoms with van der Waals surface area (Å²) < 4.78 is 6.82. The number of rotatable bonds is 5. The van der Waals surface area contributed by atoms with Crippen LogP contribution in [0.1, 0.15) is 0 Å². The van der Waals surface area contributed by atoms with Crippen LogP contribution in [0.25, 0.3) is 98.1 Å². The first kappa shape index (κ1) is 32.6. The first-order valence-corrected chi connectivity index (χ1v) is 19.9. The SMILES string of the molecule is c1ccc(N(c2cccc(-c3cccc4ccccc34)c2)c2ccc3c(c2)oc2cccc(-c4cc5ccccc5c5c4ccc4ccc6ccccc6c45)c23)cc1.